The Bertz CT molecular complexity index is 3130. The molecule has 270 valence electrons. The predicted molar refractivity (Wildman–Crippen MR) is 231 cm³/mol. The largest absolute Gasteiger partial charge is 0.307 e. The number of rotatable bonds is 7. The molecule has 4 heterocycles. The molecule has 0 N–H and O–H groups in total. The monoisotopic (exact) mass is 735 g/mol. The van der Waals surface area contributed by atoms with Gasteiger partial charge in [-0.15, -0.1) is 0 Å². The maximum atomic E-state index is 5.26. The van der Waals surface area contributed by atoms with E-state index in [2.05, 4.69) is 109 Å². The molecule has 9 heteroatoms. The van der Waals surface area contributed by atoms with E-state index in [1.54, 1.807) is 18.6 Å². The number of fused-ring (bicyclic) bond motifs is 7. The van der Waals surface area contributed by atoms with E-state index in [1.807, 2.05) is 85.8 Å². The van der Waals surface area contributed by atoms with E-state index in [-0.39, 0.29) is 0 Å². The first-order valence-corrected chi connectivity index (χ1v) is 18.6. The molecule has 6 aromatic carbocycles. The first-order valence-electron chi connectivity index (χ1n) is 18.6. The minimum Gasteiger partial charge on any atom is -0.307 e. The smallest absolute Gasteiger partial charge is 0.238 e. The number of nitrogens with zero attached hydrogens (tertiary/aromatic N) is 9. The van der Waals surface area contributed by atoms with Crippen molar-refractivity contribution < 1.29 is 0 Å². The van der Waals surface area contributed by atoms with Gasteiger partial charge >= 0.3 is 0 Å². The molecule has 0 bridgehead atoms. The van der Waals surface area contributed by atoms with Crippen LogP contribution in [0.3, 0.4) is 0 Å². The molecule has 0 radical (unpaired) electrons. The minimum atomic E-state index is 0.501. The van der Waals surface area contributed by atoms with Crippen molar-refractivity contribution in [2.75, 3.05) is 0 Å². The molecule has 0 spiro atoms. The van der Waals surface area contributed by atoms with Gasteiger partial charge in [0.15, 0.2) is 23.3 Å². The molecule has 0 saturated heterocycles. The van der Waals surface area contributed by atoms with Crippen LogP contribution in [0.2, 0.25) is 0 Å². The zero-order chi connectivity index (χ0) is 38.3. The Balaban J connectivity index is 1.38. The maximum absolute atomic E-state index is 5.26. The van der Waals surface area contributed by atoms with E-state index < -0.39 is 0 Å². The summed E-state index contributed by atoms with van der Waals surface area (Å²) in [4.78, 5) is 33.6. The molecule has 57 heavy (non-hydrogen) atoms. The Labute approximate surface area is 327 Å². The minimum absolute atomic E-state index is 0.501. The summed E-state index contributed by atoms with van der Waals surface area (Å²) in [5.41, 5.74) is 8.49. The fourth-order valence-electron chi connectivity index (χ4n) is 7.63. The van der Waals surface area contributed by atoms with Crippen LogP contribution < -0.4 is 0 Å². The van der Waals surface area contributed by atoms with Gasteiger partial charge < -0.3 is 4.57 Å². The van der Waals surface area contributed by atoms with Crippen LogP contribution in [-0.4, -0.2) is 46.6 Å². The highest BCUT2D eigenvalue weighted by atomic mass is 15.2. The average molecular weight is 736 g/mol. The van der Waals surface area contributed by atoms with Gasteiger partial charge in [-0.05, 0) is 68.2 Å². The summed E-state index contributed by atoms with van der Waals surface area (Å²) < 4.78 is 4.52. The van der Waals surface area contributed by atoms with Crippen molar-refractivity contribution in [2.45, 2.75) is 6.92 Å². The molecule has 0 aliphatic rings. The third-order valence-corrected chi connectivity index (χ3v) is 10.1. The van der Waals surface area contributed by atoms with E-state index in [1.165, 1.54) is 0 Å². The molecule has 9 nitrogen and oxygen atoms in total. The fraction of sp³-hybridized carbons (Fsp3) is 0.0208. The van der Waals surface area contributed by atoms with Gasteiger partial charge in [-0.3, -0.25) is 4.57 Å². The Morgan fingerprint density at radius 1 is 0.544 bits per heavy atom. The molecule has 0 aliphatic heterocycles. The van der Waals surface area contributed by atoms with Crippen LogP contribution in [0.25, 0.3) is 89.4 Å². The van der Waals surface area contributed by atoms with Crippen molar-refractivity contribution in [2.24, 2.45) is 9.98 Å². The van der Waals surface area contributed by atoms with Crippen LogP contribution in [0.1, 0.15) is 12.5 Å². The first kappa shape index (κ1) is 33.6. The Hall–Kier alpha value is -7.91. The highest BCUT2D eigenvalue weighted by Crippen LogP contribution is 2.42. The lowest BCUT2D eigenvalue weighted by molar-refractivity contribution is 0.953. The summed E-state index contributed by atoms with van der Waals surface area (Å²) in [7, 11) is 0. The summed E-state index contributed by atoms with van der Waals surface area (Å²) in [6, 6.07) is 49.5. The molecule has 0 aliphatic carbocycles. The van der Waals surface area contributed by atoms with E-state index in [0.29, 0.717) is 29.3 Å². The number of amidine groups is 1. The standard InChI is InChI=1S/C48H33N9/c1-3-26-50-44(49-2)33-20-24-40-38(29-33)36-22-23-37-39-30-34(45-51-27-13-28-52-45)21-25-41(39)57(43(37)42(36)56(40)35-18-11-6-12-19-35)48-54-46(31-14-7-4-8-15-31)53-47(55-48)32-16-9-5-10-17-32/h3-30H,2H2,1H3/b26-3-,50-44?. The highest BCUT2D eigenvalue weighted by Gasteiger charge is 2.24. The van der Waals surface area contributed by atoms with Crippen LogP contribution in [0.15, 0.2) is 180 Å². The van der Waals surface area contributed by atoms with Crippen molar-refractivity contribution in [3.8, 4) is 45.8 Å². The summed E-state index contributed by atoms with van der Waals surface area (Å²) >= 11 is 0. The van der Waals surface area contributed by atoms with E-state index in [0.717, 1.165) is 71.6 Å². The van der Waals surface area contributed by atoms with Gasteiger partial charge in [0.1, 0.15) is 0 Å². The van der Waals surface area contributed by atoms with Crippen molar-refractivity contribution >= 4 is 56.2 Å². The van der Waals surface area contributed by atoms with Gasteiger partial charge in [0, 0.05) is 68.1 Å². The van der Waals surface area contributed by atoms with Crippen molar-refractivity contribution in [3.63, 3.8) is 0 Å². The molecule has 0 fully saturated rings. The lowest BCUT2D eigenvalue weighted by Crippen LogP contribution is -2.07. The van der Waals surface area contributed by atoms with Crippen molar-refractivity contribution in [1.29, 1.82) is 0 Å². The Morgan fingerprint density at radius 2 is 1.12 bits per heavy atom. The molecule has 0 saturated carbocycles. The molecule has 0 amide bonds. The highest BCUT2D eigenvalue weighted by molar-refractivity contribution is 6.24. The Kier molecular flexibility index (Phi) is 8.30. The Morgan fingerprint density at radius 3 is 1.75 bits per heavy atom. The number of aromatic nitrogens is 7. The van der Waals surface area contributed by atoms with Gasteiger partial charge in [-0.2, -0.15) is 9.97 Å². The van der Waals surface area contributed by atoms with E-state index in [4.69, 9.17) is 15.0 Å². The van der Waals surface area contributed by atoms with E-state index in [9.17, 15) is 0 Å². The molecule has 10 rings (SSSR count). The second-order valence-corrected chi connectivity index (χ2v) is 13.5. The van der Waals surface area contributed by atoms with Gasteiger partial charge in [0.2, 0.25) is 5.95 Å². The molecule has 4 aromatic heterocycles. The molecule has 0 unspecified atom stereocenters. The number of benzene rings is 6. The van der Waals surface area contributed by atoms with Crippen LogP contribution in [0.5, 0.6) is 0 Å². The average Bonchev–Trinajstić information content (AvgIpc) is 3.80. The zero-order valence-electron chi connectivity index (χ0n) is 30.9. The van der Waals surface area contributed by atoms with Gasteiger partial charge in [0.25, 0.3) is 0 Å². The normalized spacial score (nSPS) is 12.1. The second-order valence-electron chi connectivity index (χ2n) is 13.5. The van der Waals surface area contributed by atoms with Crippen LogP contribution in [0.4, 0.5) is 0 Å². The van der Waals surface area contributed by atoms with Gasteiger partial charge in [-0.1, -0.05) is 97.1 Å². The topological polar surface area (TPSA) is 99.0 Å². The fourth-order valence-corrected chi connectivity index (χ4v) is 7.63. The van der Waals surface area contributed by atoms with E-state index >= 15 is 0 Å². The zero-order valence-corrected chi connectivity index (χ0v) is 30.9. The predicted octanol–water partition coefficient (Wildman–Crippen LogP) is 10.8. The third-order valence-electron chi connectivity index (χ3n) is 10.1. The summed E-state index contributed by atoms with van der Waals surface area (Å²) in [5, 5.41) is 4.14. The summed E-state index contributed by atoms with van der Waals surface area (Å²) in [5.74, 6) is 2.86. The number of hydrogen-bond donors (Lipinski definition) is 0. The molecule has 0 atom stereocenters. The lowest BCUT2D eigenvalue weighted by Gasteiger charge is -2.13. The quantitative estimate of drug-likeness (QED) is 0.120. The van der Waals surface area contributed by atoms with Crippen LogP contribution >= 0.6 is 0 Å². The number of allylic oxidation sites excluding steroid dienone is 1. The number of para-hydroxylation sites is 1. The van der Waals surface area contributed by atoms with Gasteiger partial charge in [0.05, 0.1) is 22.1 Å². The molecule has 10 aromatic rings. The summed E-state index contributed by atoms with van der Waals surface area (Å²) in [6.07, 6.45) is 7.15. The third kappa shape index (κ3) is 5.77. The number of hydrogen-bond acceptors (Lipinski definition) is 6. The van der Waals surface area contributed by atoms with Crippen molar-refractivity contribution in [1.82, 2.24) is 34.1 Å². The molecular weight excluding hydrogens is 703 g/mol. The SMILES string of the molecule is C=NC(=N/C=C\C)c1ccc2c(c1)c1ccc3c4cc(-c5ncccn5)ccc4n(-c4nc(-c5ccccc5)nc(-c5ccccc5)n4)c3c1n2-c1ccccc1. The van der Waals surface area contributed by atoms with Crippen LogP contribution in [-0.2, 0) is 0 Å². The summed E-state index contributed by atoms with van der Waals surface area (Å²) in [6.45, 7) is 5.76. The van der Waals surface area contributed by atoms with Gasteiger partial charge in [-0.25, -0.2) is 24.9 Å². The number of aliphatic imine (C=N–C) groups is 2. The van der Waals surface area contributed by atoms with Crippen molar-refractivity contribution in [3.05, 3.63) is 176 Å². The second kappa shape index (κ2) is 14.1. The first-order chi connectivity index (χ1) is 28.2. The molecular formula is C48H33N9. The maximum Gasteiger partial charge on any atom is 0.238 e. The lowest BCUT2D eigenvalue weighted by atomic mass is 10.1. The van der Waals surface area contributed by atoms with Crippen LogP contribution in [0, 0.1) is 0 Å².